The van der Waals surface area contributed by atoms with E-state index >= 15 is 0 Å². The second-order valence-corrected chi connectivity index (χ2v) is 3.26. The summed E-state index contributed by atoms with van der Waals surface area (Å²) >= 11 is 0. The number of rotatable bonds is 8. The minimum atomic E-state index is 0.203. The molecule has 0 aromatic rings. The minimum absolute atomic E-state index is 0.203. The predicted octanol–water partition coefficient (Wildman–Crippen LogP) is -0.0716. The Hall–Kier alpha value is -0.160. The van der Waals surface area contributed by atoms with Gasteiger partial charge in [0, 0.05) is 39.9 Å². The summed E-state index contributed by atoms with van der Waals surface area (Å²) in [6.45, 7) is 6.23. The topological polar surface area (TPSA) is 47.7 Å². The number of ether oxygens (including phenoxy) is 2. The summed E-state index contributed by atoms with van der Waals surface area (Å²) in [5, 5.41) is 0. The van der Waals surface area contributed by atoms with Gasteiger partial charge in [-0.15, -0.1) is 0 Å². The zero-order chi connectivity index (χ0) is 10.1. The Morgan fingerprint density at radius 1 is 1.15 bits per heavy atom. The fraction of sp³-hybridized carbons (Fsp3) is 1.00. The van der Waals surface area contributed by atoms with Gasteiger partial charge in [-0.25, -0.2) is 0 Å². The zero-order valence-corrected chi connectivity index (χ0v) is 8.95. The molecule has 0 aromatic carbocycles. The molecule has 0 amide bonds. The van der Waals surface area contributed by atoms with Gasteiger partial charge in [-0.3, -0.25) is 4.90 Å². The fourth-order valence-corrected chi connectivity index (χ4v) is 1.14. The molecule has 4 heteroatoms. The molecule has 13 heavy (non-hydrogen) atoms. The maximum atomic E-state index is 5.71. The van der Waals surface area contributed by atoms with Gasteiger partial charge in [-0.05, 0) is 6.92 Å². The number of hydrogen-bond acceptors (Lipinski definition) is 4. The van der Waals surface area contributed by atoms with Crippen LogP contribution in [-0.2, 0) is 9.47 Å². The van der Waals surface area contributed by atoms with E-state index in [9.17, 15) is 0 Å². The Morgan fingerprint density at radius 2 is 1.62 bits per heavy atom. The van der Waals surface area contributed by atoms with Gasteiger partial charge >= 0.3 is 0 Å². The Labute approximate surface area is 81.0 Å². The van der Waals surface area contributed by atoms with Gasteiger partial charge in [0.1, 0.15) is 0 Å². The fourth-order valence-electron chi connectivity index (χ4n) is 1.14. The summed E-state index contributed by atoms with van der Waals surface area (Å²) in [5.74, 6) is 0. The van der Waals surface area contributed by atoms with Gasteiger partial charge in [-0.2, -0.15) is 0 Å². The SMILES string of the molecule is COCCN(CCOC)C[C@@H](C)N. The predicted molar refractivity (Wildman–Crippen MR) is 53.8 cm³/mol. The molecular formula is C9H22N2O2. The second-order valence-electron chi connectivity index (χ2n) is 3.26. The van der Waals surface area contributed by atoms with Crippen molar-refractivity contribution < 1.29 is 9.47 Å². The van der Waals surface area contributed by atoms with Crippen LogP contribution in [-0.4, -0.2) is 58.0 Å². The molecule has 0 aliphatic heterocycles. The van der Waals surface area contributed by atoms with Crippen molar-refractivity contribution in [2.24, 2.45) is 5.73 Å². The van der Waals surface area contributed by atoms with Gasteiger partial charge in [0.05, 0.1) is 13.2 Å². The van der Waals surface area contributed by atoms with Crippen LogP contribution in [0.2, 0.25) is 0 Å². The lowest BCUT2D eigenvalue weighted by Crippen LogP contribution is -2.39. The Balaban J connectivity index is 3.60. The highest BCUT2D eigenvalue weighted by atomic mass is 16.5. The van der Waals surface area contributed by atoms with E-state index in [-0.39, 0.29) is 6.04 Å². The third kappa shape index (κ3) is 8.18. The van der Waals surface area contributed by atoms with Crippen molar-refractivity contribution >= 4 is 0 Å². The highest BCUT2D eigenvalue weighted by Gasteiger charge is 2.06. The van der Waals surface area contributed by atoms with Crippen LogP contribution in [0.5, 0.6) is 0 Å². The lowest BCUT2D eigenvalue weighted by Gasteiger charge is -2.23. The van der Waals surface area contributed by atoms with Crippen LogP contribution in [0.4, 0.5) is 0 Å². The summed E-state index contributed by atoms with van der Waals surface area (Å²) in [5.41, 5.74) is 5.71. The molecule has 0 bridgehead atoms. The van der Waals surface area contributed by atoms with E-state index < -0.39 is 0 Å². The molecule has 0 saturated carbocycles. The Bertz CT molecular complexity index is 102. The highest BCUT2D eigenvalue weighted by molar-refractivity contribution is 4.63. The first-order valence-electron chi connectivity index (χ1n) is 4.66. The molecule has 0 aliphatic carbocycles. The van der Waals surface area contributed by atoms with Gasteiger partial charge < -0.3 is 15.2 Å². The molecule has 0 saturated heterocycles. The molecule has 0 heterocycles. The third-order valence-corrected chi connectivity index (χ3v) is 1.77. The molecule has 0 radical (unpaired) electrons. The normalized spacial score (nSPS) is 13.6. The average Bonchev–Trinajstić information content (AvgIpc) is 2.09. The first-order valence-corrected chi connectivity index (χ1v) is 4.66. The number of methoxy groups -OCH3 is 2. The average molecular weight is 190 g/mol. The third-order valence-electron chi connectivity index (χ3n) is 1.77. The number of hydrogen-bond donors (Lipinski definition) is 1. The van der Waals surface area contributed by atoms with Crippen molar-refractivity contribution in [3.05, 3.63) is 0 Å². The summed E-state index contributed by atoms with van der Waals surface area (Å²) in [6, 6.07) is 0.203. The van der Waals surface area contributed by atoms with Gasteiger partial charge in [0.25, 0.3) is 0 Å². The molecule has 0 aromatic heterocycles. The van der Waals surface area contributed by atoms with E-state index in [1.807, 2.05) is 6.92 Å². The van der Waals surface area contributed by atoms with Crippen molar-refractivity contribution in [3.8, 4) is 0 Å². The van der Waals surface area contributed by atoms with Crippen LogP contribution in [0.3, 0.4) is 0 Å². The molecule has 0 unspecified atom stereocenters. The first-order chi connectivity index (χ1) is 6.20. The maximum absolute atomic E-state index is 5.71. The number of nitrogens with zero attached hydrogens (tertiary/aromatic N) is 1. The Kier molecular flexibility index (Phi) is 8.33. The lowest BCUT2D eigenvalue weighted by atomic mass is 10.3. The molecule has 0 fully saturated rings. The first kappa shape index (κ1) is 12.8. The van der Waals surface area contributed by atoms with Crippen LogP contribution in [0.25, 0.3) is 0 Å². The summed E-state index contributed by atoms with van der Waals surface area (Å²) in [6.07, 6.45) is 0. The van der Waals surface area contributed by atoms with E-state index in [2.05, 4.69) is 4.90 Å². The molecule has 1 atom stereocenters. The van der Waals surface area contributed by atoms with Gasteiger partial charge in [0.15, 0.2) is 0 Å². The van der Waals surface area contributed by atoms with Gasteiger partial charge in [0.2, 0.25) is 0 Å². The zero-order valence-electron chi connectivity index (χ0n) is 8.95. The standard InChI is InChI=1S/C9H22N2O2/c1-9(10)8-11(4-6-12-2)5-7-13-3/h9H,4-8,10H2,1-3H3/t9-/m1/s1. The minimum Gasteiger partial charge on any atom is -0.383 e. The van der Waals surface area contributed by atoms with Crippen LogP contribution < -0.4 is 5.73 Å². The molecule has 4 nitrogen and oxygen atoms in total. The van der Waals surface area contributed by atoms with E-state index in [1.54, 1.807) is 14.2 Å². The molecule has 0 aliphatic rings. The van der Waals surface area contributed by atoms with Crippen molar-refractivity contribution in [1.29, 1.82) is 0 Å². The Morgan fingerprint density at radius 3 is 1.92 bits per heavy atom. The summed E-state index contributed by atoms with van der Waals surface area (Å²) in [7, 11) is 3.42. The van der Waals surface area contributed by atoms with Gasteiger partial charge in [-0.1, -0.05) is 0 Å². The van der Waals surface area contributed by atoms with Crippen molar-refractivity contribution in [2.75, 3.05) is 47.1 Å². The summed E-state index contributed by atoms with van der Waals surface area (Å²) in [4.78, 5) is 2.25. The number of nitrogens with two attached hydrogens (primary N) is 1. The monoisotopic (exact) mass is 190 g/mol. The molecule has 0 spiro atoms. The van der Waals surface area contributed by atoms with E-state index in [0.717, 1.165) is 32.8 Å². The lowest BCUT2D eigenvalue weighted by molar-refractivity contribution is 0.111. The van der Waals surface area contributed by atoms with Crippen LogP contribution in [0, 0.1) is 0 Å². The largest absolute Gasteiger partial charge is 0.383 e. The van der Waals surface area contributed by atoms with Crippen molar-refractivity contribution in [3.63, 3.8) is 0 Å². The maximum Gasteiger partial charge on any atom is 0.0589 e. The second kappa shape index (κ2) is 8.44. The molecular weight excluding hydrogens is 168 g/mol. The van der Waals surface area contributed by atoms with E-state index in [1.165, 1.54) is 0 Å². The quantitative estimate of drug-likeness (QED) is 0.582. The molecule has 2 N–H and O–H groups in total. The molecule has 0 rings (SSSR count). The van der Waals surface area contributed by atoms with E-state index in [0.29, 0.717) is 0 Å². The smallest absolute Gasteiger partial charge is 0.0589 e. The van der Waals surface area contributed by atoms with Crippen molar-refractivity contribution in [1.82, 2.24) is 4.90 Å². The van der Waals surface area contributed by atoms with Crippen LogP contribution >= 0.6 is 0 Å². The van der Waals surface area contributed by atoms with Crippen LogP contribution in [0.15, 0.2) is 0 Å². The van der Waals surface area contributed by atoms with Crippen molar-refractivity contribution in [2.45, 2.75) is 13.0 Å². The highest BCUT2D eigenvalue weighted by Crippen LogP contribution is 1.91. The summed E-state index contributed by atoms with van der Waals surface area (Å²) < 4.78 is 10.0. The molecule has 80 valence electrons. The van der Waals surface area contributed by atoms with E-state index in [4.69, 9.17) is 15.2 Å². The van der Waals surface area contributed by atoms with Crippen LogP contribution in [0.1, 0.15) is 6.92 Å².